The molecule has 0 N–H and O–H groups in total. The van der Waals surface area contributed by atoms with Crippen LogP contribution in [-0.4, -0.2) is 9.55 Å². The lowest BCUT2D eigenvalue weighted by Crippen LogP contribution is -2.16. The van der Waals surface area contributed by atoms with Crippen molar-refractivity contribution in [3.63, 3.8) is 0 Å². The summed E-state index contributed by atoms with van der Waals surface area (Å²) in [5.74, 6) is 0. The Kier molecular flexibility index (Phi) is 2.80. The summed E-state index contributed by atoms with van der Waals surface area (Å²) in [6, 6.07) is 7.70. The van der Waals surface area contributed by atoms with Gasteiger partial charge in [0.25, 0.3) is 5.56 Å². The van der Waals surface area contributed by atoms with E-state index in [0.29, 0.717) is 0 Å². The van der Waals surface area contributed by atoms with Crippen LogP contribution in [0.3, 0.4) is 0 Å². The number of aromatic nitrogens is 2. The molecule has 0 aliphatic heterocycles. The summed E-state index contributed by atoms with van der Waals surface area (Å²) >= 11 is 4.86. The number of nitrogens with zero attached hydrogens (tertiary/aromatic N) is 2. The molecule has 18 heavy (non-hydrogen) atoms. The molecule has 0 radical (unpaired) electrons. The van der Waals surface area contributed by atoms with Gasteiger partial charge >= 0.3 is 0 Å². The third kappa shape index (κ3) is 1.89. The molecule has 3 aromatic heterocycles. The Labute approximate surface area is 116 Å². The zero-order valence-electron chi connectivity index (χ0n) is 9.55. The number of thiophene rings is 1. The van der Waals surface area contributed by atoms with Crippen LogP contribution in [0.5, 0.6) is 0 Å². The average molecular weight is 321 g/mol. The first-order valence-electron chi connectivity index (χ1n) is 5.39. The predicted octanol–water partition coefficient (Wildman–Crippen LogP) is 3.52. The summed E-state index contributed by atoms with van der Waals surface area (Å²) in [6.07, 6.45) is 3.50. The van der Waals surface area contributed by atoms with Gasteiger partial charge in [-0.05, 0) is 47.1 Å². The van der Waals surface area contributed by atoms with Gasteiger partial charge in [0.1, 0.15) is 4.70 Å². The maximum atomic E-state index is 12.4. The summed E-state index contributed by atoms with van der Waals surface area (Å²) in [5.41, 5.74) is 1.72. The lowest BCUT2D eigenvalue weighted by atomic mass is 10.3. The number of pyridine rings is 2. The van der Waals surface area contributed by atoms with Crippen molar-refractivity contribution in [3.8, 4) is 5.69 Å². The monoisotopic (exact) mass is 320 g/mol. The maximum Gasteiger partial charge on any atom is 0.273 e. The standard InChI is InChI=1S/C13H9BrN2OS/c1-8-2-3-10(7-15-8)16-5-4-9-6-11(14)18-12(9)13(16)17/h2-7H,1H3. The zero-order chi connectivity index (χ0) is 12.7. The van der Waals surface area contributed by atoms with Crippen LogP contribution in [0.2, 0.25) is 0 Å². The minimum atomic E-state index is -0.00569. The van der Waals surface area contributed by atoms with Crippen molar-refractivity contribution in [2.24, 2.45) is 0 Å². The van der Waals surface area contributed by atoms with Crippen LogP contribution < -0.4 is 5.56 Å². The van der Waals surface area contributed by atoms with Gasteiger partial charge in [-0.1, -0.05) is 0 Å². The predicted molar refractivity (Wildman–Crippen MR) is 77.7 cm³/mol. The molecule has 0 fully saturated rings. The Morgan fingerprint density at radius 2 is 2.17 bits per heavy atom. The highest BCUT2D eigenvalue weighted by molar-refractivity contribution is 9.11. The van der Waals surface area contributed by atoms with Crippen molar-refractivity contribution < 1.29 is 0 Å². The lowest BCUT2D eigenvalue weighted by molar-refractivity contribution is 0.990. The molecule has 5 heteroatoms. The molecular formula is C13H9BrN2OS. The average Bonchev–Trinajstić information content (AvgIpc) is 2.73. The third-order valence-electron chi connectivity index (χ3n) is 2.72. The van der Waals surface area contributed by atoms with Gasteiger partial charge in [-0.25, -0.2) is 0 Å². The van der Waals surface area contributed by atoms with Crippen molar-refractivity contribution in [1.29, 1.82) is 0 Å². The molecule has 3 heterocycles. The molecular weight excluding hydrogens is 312 g/mol. The van der Waals surface area contributed by atoms with Crippen LogP contribution in [0.25, 0.3) is 15.8 Å². The van der Waals surface area contributed by atoms with E-state index < -0.39 is 0 Å². The number of fused-ring (bicyclic) bond motifs is 1. The smallest absolute Gasteiger partial charge is 0.273 e. The first kappa shape index (κ1) is 11.6. The number of rotatable bonds is 1. The van der Waals surface area contributed by atoms with Crippen LogP contribution in [0.15, 0.2) is 45.2 Å². The van der Waals surface area contributed by atoms with E-state index in [1.807, 2.05) is 31.2 Å². The first-order valence-corrected chi connectivity index (χ1v) is 7.00. The van der Waals surface area contributed by atoms with E-state index >= 15 is 0 Å². The van der Waals surface area contributed by atoms with Gasteiger partial charge in [-0.2, -0.15) is 0 Å². The van der Waals surface area contributed by atoms with Crippen molar-refractivity contribution >= 4 is 37.4 Å². The Bertz CT molecular complexity index is 774. The van der Waals surface area contributed by atoms with Gasteiger partial charge in [0, 0.05) is 17.3 Å². The van der Waals surface area contributed by atoms with E-state index in [4.69, 9.17) is 0 Å². The summed E-state index contributed by atoms with van der Waals surface area (Å²) in [5, 5.41) is 0.966. The van der Waals surface area contributed by atoms with E-state index in [2.05, 4.69) is 20.9 Å². The Morgan fingerprint density at radius 3 is 2.89 bits per heavy atom. The van der Waals surface area contributed by atoms with E-state index in [1.54, 1.807) is 17.0 Å². The number of hydrogen-bond acceptors (Lipinski definition) is 3. The zero-order valence-corrected chi connectivity index (χ0v) is 12.0. The van der Waals surface area contributed by atoms with Crippen molar-refractivity contribution in [2.75, 3.05) is 0 Å². The van der Waals surface area contributed by atoms with Gasteiger partial charge in [-0.3, -0.25) is 14.3 Å². The lowest BCUT2D eigenvalue weighted by Gasteiger charge is -2.05. The Morgan fingerprint density at radius 1 is 1.33 bits per heavy atom. The molecule has 3 rings (SSSR count). The fraction of sp³-hybridized carbons (Fsp3) is 0.0769. The maximum absolute atomic E-state index is 12.4. The normalized spacial score (nSPS) is 11.0. The molecule has 0 aliphatic carbocycles. The molecule has 3 aromatic rings. The number of halogens is 1. The van der Waals surface area contributed by atoms with Gasteiger partial charge in [0.15, 0.2) is 0 Å². The van der Waals surface area contributed by atoms with Crippen molar-refractivity contribution in [2.45, 2.75) is 6.92 Å². The van der Waals surface area contributed by atoms with Crippen LogP contribution in [0, 0.1) is 6.92 Å². The van der Waals surface area contributed by atoms with Crippen molar-refractivity contribution in [1.82, 2.24) is 9.55 Å². The first-order chi connectivity index (χ1) is 8.65. The fourth-order valence-corrected chi connectivity index (χ4v) is 3.35. The fourth-order valence-electron chi connectivity index (χ4n) is 1.80. The highest BCUT2D eigenvalue weighted by Gasteiger charge is 2.07. The molecule has 0 atom stereocenters. The Balaban J connectivity index is 2.26. The summed E-state index contributed by atoms with van der Waals surface area (Å²) < 4.78 is 3.34. The van der Waals surface area contributed by atoms with Gasteiger partial charge in [-0.15, -0.1) is 11.3 Å². The third-order valence-corrected chi connectivity index (χ3v) is 4.36. The summed E-state index contributed by atoms with van der Waals surface area (Å²) in [7, 11) is 0. The van der Waals surface area contributed by atoms with E-state index in [0.717, 1.165) is 25.3 Å². The van der Waals surface area contributed by atoms with Crippen LogP contribution in [0.4, 0.5) is 0 Å². The molecule has 0 bridgehead atoms. The van der Waals surface area contributed by atoms with Crippen LogP contribution in [-0.2, 0) is 0 Å². The second-order valence-corrected chi connectivity index (χ2v) is 6.42. The summed E-state index contributed by atoms with van der Waals surface area (Å²) in [4.78, 5) is 16.6. The minimum Gasteiger partial charge on any atom is -0.282 e. The number of aryl methyl sites for hydroxylation is 1. The van der Waals surface area contributed by atoms with E-state index in [9.17, 15) is 4.79 Å². The SMILES string of the molecule is Cc1ccc(-n2ccc3cc(Br)sc3c2=O)cn1. The second-order valence-electron chi connectivity index (χ2n) is 3.98. The molecule has 3 nitrogen and oxygen atoms in total. The van der Waals surface area contributed by atoms with E-state index in [-0.39, 0.29) is 5.56 Å². The quantitative estimate of drug-likeness (QED) is 0.687. The molecule has 0 aromatic carbocycles. The van der Waals surface area contributed by atoms with Gasteiger partial charge < -0.3 is 0 Å². The topological polar surface area (TPSA) is 34.9 Å². The second kappa shape index (κ2) is 4.33. The Hall–Kier alpha value is -1.46. The van der Waals surface area contributed by atoms with Gasteiger partial charge in [0.05, 0.1) is 15.7 Å². The molecule has 0 spiro atoms. The van der Waals surface area contributed by atoms with Crippen LogP contribution in [0.1, 0.15) is 5.69 Å². The number of hydrogen-bond donors (Lipinski definition) is 0. The molecule has 90 valence electrons. The van der Waals surface area contributed by atoms with Crippen molar-refractivity contribution in [3.05, 3.63) is 56.5 Å². The highest BCUT2D eigenvalue weighted by Crippen LogP contribution is 2.27. The van der Waals surface area contributed by atoms with Crippen LogP contribution >= 0.6 is 27.3 Å². The molecule has 0 unspecified atom stereocenters. The minimum absolute atomic E-state index is 0.00569. The summed E-state index contributed by atoms with van der Waals surface area (Å²) in [6.45, 7) is 1.92. The molecule has 0 saturated heterocycles. The highest BCUT2D eigenvalue weighted by atomic mass is 79.9. The molecule has 0 saturated carbocycles. The van der Waals surface area contributed by atoms with Gasteiger partial charge in [0.2, 0.25) is 0 Å². The van der Waals surface area contributed by atoms with E-state index in [1.165, 1.54) is 11.3 Å². The largest absolute Gasteiger partial charge is 0.282 e. The molecule has 0 aliphatic rings. The molecule has 0 amide bonds.